The molecule has 6 heteroatoms. The molecule has 0 saturated carbocycles. The number of carboxylic acid groups (broad SMARTS) is 1. The summed E-state index contributed by atoms with van der Waals surface area (Å²) in [5.41, 5.74) is 1.10. The molecule has 1 heterocycles. The van der Waals surface area contributed by atoms with Gasteiger partial charge in [-0.05, 0) is 19.1 Å². The summed E-state index contributed by atoms with van der Waals surface area (Å²) in [6.45, 7) is 1.53. The first-order valence-electron chi connectivity index (χ1n) is 5.99. The van der Waals surface area contributed by atoms with Crippen molar-refractivity contribution in [2.24, 2.45) is 0 Å². The van der Waals surface area contributed by atoms with Gasteiger partial charge in [0, 0.05) is 23.6 Å². The van der Waals surface area contributed by atoms with Crippen molar-refractivity contribution >= 4 is 17.6 Å². The van der Waals surface area contributed by atoms with E-state index >= 15 is 0 Å². The van der Waals surface area contributed by atoms with Gasteiger partial charge in [0.2, 0.25) is 5.82 Å². The van der Waals surface area contributed by atoms with Gasteiger partial charge in [0.1, 0.15) is 0 Å². The molecule has 1 amide bonds. The third-order valence-electron chi connectivity index (χ3n) is 2.78. The second-order valence-corrected chi connectivity index (χ2v) is 4.22. The number of hydrogen-bond acceptors (Lipinski definition) is 4. The Hall–Kier alpha value is -2.76. The molecular weight excluding hydrogens is 258 g/mol. The minimum absolute atomic E-state index is 0.00445. The molecule has 2 aromatic rings. The second-order valence-electron chi connectivity index (χ2n) is 4.22. The van der Waals surface area contributed by atoms with Crippen LogP contribution in [0.1, 0.15) is 29.0 Å². The van der Waals surface area contributed by atoms with Gasteiger partial charge in [0.15, 0.2) is 0 Å². The molecule has 20 heavy (non-hydrogen) atoms. The molecule has 1 aromatic carbocycles. The number of rotatable bonds is 4. The Kier molecular flexibility index (Phi) is 4.05. The summed E-state index contributed by atoms with van der Waals surface area (Å²) in [6, 6.07) is 8.94. The fraction of sp³-hybridized carbons (Fsp3) is 0.143. The van der Waals surface area contributed by atoms with E-state index < -0.39 is 17.8 Å². The predicted molar refractivity (Wildman–Crippen MR) is 72.5 cm³/mol. The van der Waals surface area contributed by atoms with Crippen LogP contribution in [0.25, 0.3) is 0 Å². The number of para-hydroxylation sites is 1. The molecule has 2 N–H and O–H groups in total. The van der Waals surface area contributed by atoms with Gasteiger partial charge >= 0.3 is 5.97 Å². The van der Waals surface area contributed by atoms with Gasteiger partial charge in [0.05, 0.1) is 5.92 Å². The summed E-state index contributed by atoms with van der Waals surface area (Å²) in [5.74, 6) is -2.11. The number of nitrogens with zero attached hydrogens (tertiary/aromatic N) is 2. The highest BCUT2D eigenvalue weighted by Crippen LogP contribution is 2.13. The number of anilines is 1. The van der Waals surface area contributed by atoms with E-state index in [9.17, 15) is 9.59 Å². The van der Waals surface area contributed by atoms with E-state index in [1.807, 2.05) is 6.07 Å². The van der Waals surface area contributed by atoms with Gasteiger partial charge in [-0.25, -0.2) is 9.97 Å². The lowest BCUT2D eigenvalue weighted by Gasteiger charge is -2.07. The summed E-state index contributed by atoms with van der Waals surface area (Å²) in [6.07, 6.45) is 2.71. The van der Waals surface area contributed by atoms with Crippen molar-refractivity contribution in [2.45, 2.75) is 12.8 Å². The van der Waals surface area contributed by atoms with E-state index in [2.05, 4.69) is 15.3 Å². The minimum atomic E-state index is -0.963. The van der Waals surface area contributed by atoms with Crippen molar-refractivity contribution in [3.8, 4) is 0 Å². The van der Waals surface area contributed by atoms with Crippen molar-refractivity contribution in [1.29, 1.82) is 0 Å². The number of nitrogens with one attached hydrogen (secondary N) is 1. The Bertz CT molecular complexity index is 611. The standard InChI is InChI=1S/C14H13N3O3/c1-9(14(19)20)10-7-15-12(16-8-10)13(18)17-11-5-3-2-4-6-11/h2-9H,1H3,(H,17,18)(H,19,20)/t9-/m1/s1. The lowest BCUT2D eigenvalue weighted by molar-refractivity contribution is -0.138. The van der Waals surface area contributed by atoms with Gasteiger partial charge in [-0.2, -0.15) is 0 Å². The molecule has 2 rings (SSSR count). The SMILES string of the molecule is C[C@@H](C(=O)O)c1cnc(C(=O)Nc2ccccc2)nc1. The summed E-state index contributed by atoms with van der Waals surface area (Å²) in [7, 11) is 0. The van der Waals surface area contributed by atoms with E-state index in [-0.39, 0.29) is 5.82 Å². The molecule has 102 valence electrons. The fourth-order valence-corrected chi connectivity index (χ4v) is 1.53. The van der Waals surface area contributed by atoms with Crippen LogP contribution in [0, 0.1) is 0 Å². The molecule has 0 spiro atoms. The average molecular weight is 271 g/mol. The van der Waals surface area contributed by atoms with E-state index in [4.69, 9.17) is 5.11 Å². The van der Waals surface area contributed by atoms with Crippen molar-refractivity contribution in [1.82, 2.24) is 9.97 Å². The third kappa shape index (κ3) is 3.17. The van der Waals surface area contributed by atoms with E-state index in [0.717, 1.165) is 0 Å². The monoisotopic (exact) mass is 271 g/mol. The van der Waals surface area contributed by atoms with Gasteiger partial charge < -0.3 is 10.4 Å². The number of carboxylic acids is 1. The number of hydrogen-bond donors (Lipinski definition) is 2. The molecule has 6 nitrogen and oxygen atoms in total. The summed E-state index contributed by atoms with van der Waals surface area (Å²) >= 11 is 0. The quantitative estimate of drug-likeness (QED) is 0.886. The summed E-state index contributed by atoms with van der Waals surface area (Å²) in [4.78, 5) is 30.5. The molecular formula is C14H13N3O3. The Morgan fingerprint density at radius 1 is 1.15 bits per heavy atom. The number of aliphatic carboxylic acids is 1. The third-order valence-corrected chi connectivity index (χ3v) is 2.78. The zero-order valence-corrected chi connectivity index (χ0v) is 10.8. The number of carbonyl (C=O) groups excluding carboxylic acids is 1. The first kappa shape index (κ1) is 13.7. The van der Waals surface area contributed by atoms with Crippen LogP contribution in [0.5, 0.6) is 0 Å². The van der Waals surface area contributed by atoms with Crippen LogP contribution < -0.4 is 5.32 Å². The van der Waals surface area contributed by atoms with Gasteiger partial charge in [0.25, 0.3) is 5.91 Å². The van der Waals surface area contributed by atoms with Gasteiger partial charge in [-0.1, -0.05) is 18.2 Å². The fourth-order valence-electron chi connectivity index (χ4n) is 1.53. The van der Waals surface area contributed by atoms with E-state index in [0.29, 0.717) is 11.3 Å². The molecule has 0 saturated heterocycles. The number of amides is 1. The molecule has 0 bridgehead atoms. The first-order chi connectivity index (χ1) is 9.58. The predicted octanol–water partition coefficient (Wildman–Crippen LogP) is 1.92. The van der Waals surface area contributed by atoms with Gasteiger partial charge in [-0.15, -0.1) is 0 Å². The highest BCUT2D eigenvalue weighted by Gasteiger charge is 2.16. The summed E-state index contributed by atoms with van der Waals surface area (Å²) in [5, 5.41) is 11.5. The molecule has 1 aromatic heterocycles. The normalized spacial score (nSPS) is 11.7. The lowest BCUT2D eigenvalue weighted by atomic mass is 10.1. The number of benzene rings is 1. The molecule has 0 aliphatic heterocycles. The lowest BCUT2D eigenvalue weighted by Crippen LogP contribution is -2.16. The van der Waals surface area contributed by atoms with Crippen LogP contribution in [-0.2, 0) is 4.79 Å². The van der Waals surface area contributed by atoms with Crippen LogP contribution in [0.4, 0.5) is 5.69 Å². The Morgan fingerprint density at radius 3 is 2.30 bits per heavy atom. The summed E-state index contributed by atoms with van der Waals surface area (Å²) < 4.78 is 0. The zero-order chi connectivity index (χ0) is 14.5. The molecule has 0 fully saturated rings. The number of carbonyl (C=O) groups is 2. The average Bonchev–Trinajstić information content (AvgIpc) is 2.47. The van der Waals surface area contributed by atoms with Crippen LogP contribution in [-0.4, -0.2) is 27.0 Å². The Morgan fingerprint density at radius 2 is 1.75 bits per heavy atom. The van der Waals surface area contributed by atoms with E-state index in [1.54, 1.807) is 24.3 Å². The maximum Gasteiger partial charge on any atom is 0.310 e. The van der Waals surface area contributed by atoms with Crippen LogP contribution in [0.3, 0.4) is 0 Å². The Balaban J connectivity index is 2.10. The highest BCUT2D eigenvalue weighted by atomic mass is 16.4. The molecule has 0 aliphatic rings. The first-order valence-corrected chi connectivity index (χ1v) is 5.99. The smallest absolute Gasteiger partial charge is 0.310 e. The van der Waals surface area contributed by atoms with E-state index in [1.165, 1.54) is 19.3 Å². The molecule has 0 radical (unpaired) electrons. The van der Waals surface area contributed by atoms with Crippen molar-refractivity contribution in [2.75, 3.05) is 5.32 Å². The van der Waals surface area contributed by atoms with Crippen molar-refractivity contribution < 1.29 is 14.7 Å². The van der Waals surface area contributed by atoms with Crippen LogP contribution in [0.2, 0.25) is 0 Å². The molecule has 1 atom stereocenters. The van der Waals surface area contributed by atoms with Crippen molar-refractivity contribution in [3.63, 3.8) is 0 Å². The maximum atomic E-state index is 11.9. The largest absolute Gasteiger partial charge is 0.481 e. The second kappa shape index (κ2) is 5.92. The highest BCUT2D eigenvalue weighted by molar-refractivity contribution is 6.01. The van der Waals surface area contributed by atoms with Crippen LogP contribution in [0.15, 0.2) is 42.7 Å². The maximum absolute atomic E-state index is 11.9. The Labute approximate surface area is 115 Å². The number of aromatic nitrogens is 2. The van der Waals surface area contributed by atoms with Crippen molar-refractivity contribution in [3.05, 3.63) is 54.1 Å². The minimum Gasteiger partial charge on any atom is -0.481 e. The van der Waals surface area contributed by atoms with Gasteiger partial charge in [-0.3, -0.25) is 9.59 Å². The molecule has 0 aliphatic carbocycles. The zero-order valence-electron chi connectivity index (χ0n) is 10.8. The van der Waals surface area contributed by atoms with Crippen LogP contribution >= 0.6 is 0 Å². The molecule has 0 unspecified atom stereocenters. The topological polar surface area (TPSA) is 92.2 Å².